The van der Waals surface area contributed by atoms with Crippen LogP contribution in [0.5, 0.6) is 0 Å². The summed E-state index contributed by atoms with van der Waals surface area (Å²) in [6, 6.07) is 5.92. The Kier molecular flexibility index (Phi) is 4.86. The number of carbonyl (C=O) groups is 1. The van der Waals surface area contributed by atoms with E-state index < -0.39 is 10.9 Å². The molecule has 0 aromatic heterocycles. The number of nitro benzene ring substituents is 1. The number of nitro groups is 1. The van der Waals surface area contributed by atoms with Gasteiger partial charge in [0.05, 0.1) is 11.5 Å². The third kappa shape index (κ3) is 4.25. The van der Waals surface area contributed by atoms with Crippen molar-refractivity contribution in [2.75, 3.05) is 11.9 Å². The maximum absolute atomic E-state index is 11.2. The molecule has 1 rings (SSSR count). The van der Waals surface area contributed by atoms with Crippen LogP contribution in [0.25, 0.3) is 0 Å². The summed E-state index contributed by atoms with van der Waals surface area (Å²) < 4.78 is 4.76. The fourth-order valence-corrected chi connectivity index (χ4v) is 1.29. The molecule has 0 bridgehead atoms. The third-order valence-corrected chi connectivity index (χ3v) is 2.04. The Hall–Kier alpha value is -2.37. The van der Waals surface area contributed by atoms with E-state index in [0.29, 0.717) is 18.0 Å². The summed E-state index contributed by atoms with van der Waals surface area (Å²) in [6.45, 7) is 3.75. The Labute approximate surface area is 104 Å². The quantitative estimate of drug-likeness (QED) is 0.375. The van der Waals surface area contributed by atoms with Crippen molar-refractivity contribution in [3.63, 3.8) is 0 Å². The van der Waals surface area contributed by atoms with Crippen LogP contribution in [0.3, 0.4) is 0 Å². The Bertz CT molecular complexity index is 465. The largest absolute Gasteiger partial charge is 0.463 e. The van der Waals surface area contributed by atoms with Gasteiger partial charge in [-0.2, -0.15) is 0 Å². The van der Waals surface area contributed by atoms with E-state index in [1.54, 1.807) is 26.0 Å². The van der Waals surface area contributed by atoms with Gasteiger partial charge in [-0.25, -0.2) is 4.79 Å². The molecule has 0 saturated heterocycles. The molecule has 0 unspecified atom stereocenters. The maximum Gasteiger partial charge on any atom is 0.332 e. The van der Waals surface area contributed by atoms with Crippen LogP contribution in [0.1, 0.15) is 13.8 Å². The molecular weight excluding hydrogens is 236 g/mol. The first-order chi connectivity index (χ1) is 8.52. The van der Waals surface area contributed by atoms with Crippen molar-refractivity contribution in [3.8, 4) is 0 Å². The van der Waals surface area contributed by atoms with Crippen molar-refractivity contribution in [2.45, 2.75) is 13.8 Å². The molecule has 0 amide bonds. The highest BCUT2D eigenvalue weighted by molar-refractivity contribution is 5.83. The van der Waals surface area contributed by atoms with E-state index >= 15 is 0 Å². The monoisotopic (exact) mass is 250 g/mol. The van der Waals surface area contributed by atoms with Gasteiger partial charge in [0.1, 0.15) is 0 Å². The van der Waals surface area contributed by atoms with Gasteiger partial charge in [0.2, 0.25) is 0 Å². The second-order valence-corrected chi connectivity index (χ2v) is 3.51. The highest BCUT2D eigenvalue weighted by Crippen LogP contribution is 2.16. The molecular formula is C12H14N2O4. The standard InChI is InChI=1S/C12H14N2O4/c1-3-18-12(15)8-9(2)13-10-4-6-11(7-5-10)14(16)17/h4-8,13H,3H2,1-2H3/b9-8+. The number of rotatable bonds is 5. The van der Waals surface area contributed by atoms with Gasteiger partial charge in [0.15, 0.2) is 0 Å². The normalized spacial score (nSPS) is 10.9. The van der Waals surface area contributed by atoms with Gasteiger partial charge in [0.25, 0.3) is 5.69 Å². The van der Waals surface area contributed by atoms with E-state index in [9.17, 15) is 14.9 Å². The molecule has 0 saturated carbocycles. The lowest BCUT2D eigenvalue weighted by Gasteiger charge is -2.06. The summed E-state index contributed by atoms with van der Waals surface area (Å²) in [4.78, 5) is 21.2. The minimum Gasteiger partial charge on any atom is -0.463 e. The molecule has 1 N–H and O–H groups in total. The van der Waals surface area contributed by atoms with Crippen LogP contribution >= 0.6 is 0 Å². The molecule has 6 nitrogen and oxygen atoms in total. The molecule has 6 heteroatoms. The number of esters is 1. The summed E-state index contributed by atoms with van der Waals surface area (Å²) in [5.41, 5.74) is 1.29. The average molecular weight is 250 g/mol. The lowest BCUT2D eigenvalue weighted by molar-refractivity contribution is -0.384. The highest BCUT2D eigenvalue weighted by atomic mass is 16.6. The van der Waals surface area contributed by atoms with Crippen LogP contribution in [0, 0.1) is 10.1 Å². The van der Waals surface area contributed by atoms with Gasteiger partial charge in [-0.15, -0.1) is 0 Å². The number of allylic oxidation sites excluding steroid dienone is 1. The second kappa shape index (κ2) is 6.39. The van der Waals surface area contributed by atoms with E-state index in [-0.39, 0.29) is 5.69 Å². The SMILES string of the molecule is CCOC(=O)/C=C(\C)Nc1ccc([N+](=O)[O-])cc1. The number of nitrogens with zero attached hydrogens (tertiary/aromatic N) is 1. The van der Waals surface area contributed by atoms with Crippen molar-refractivity contribution in [2.24, 2.45) is 0 Å². The predicted molar refractivity (Wildman–Crippen MR) is 67.1 cm³/mol. The molecule has 0 atom stereocenters. The zero-order valence-electron chi connectivity index (χ0n) is 10.2. The first-order valence-corrected chi connectivity index (χ1v) is 5.39. The van der Waals surface area contributed by atoms with Crippen LogP contribution in [0.4, 0.5) is 11.4 Å². The molecule has 0 fully saturated rings. The van der Waals surface area contributed by atoms with Gasteiger partial charge in [0, 0.05) is 29.6 Å². The van der Waals surface area contributed by atoms with Gasteiger partial charge >= 0.3 is 5.97 Å². The average Bonchev–Trinajstić information content (AvgIpc) is 2.29. The van der Waals surface area contributed by atoms with Crippen LogP contribution in [0.2, 0.25) is 0 Å². The molecule has 0 radical (unpaired) electrons. The zero-order valence-corrected chi connectivity index (χ0v) is 10.2. The molecule has 0 aliphatic heterocycles. The van der Waals surface area contributed by atoms with Crippen molar-refractivity contribution in [3.05, 3.63) is 46.2 Å². The second-order valence-electron chi connectivity index (χ2n) is 3.51. The summed E-state index contributed by atoms with van der Waals surface area (Å²) in [5, 5.41) is 13.4. The molecule has 18 heavy (non-hydrogen) atoms. The Morgan fingerprint density at radius 1 is 1.44 bits per heavy atom. The van der Waals surface area contributed by atoms with Crippen molar-refractivity contribution >= 4 is 17.3 Å². The Balaban J connectivity index is 2.67. The zero-order chi connectivity index (χ0) is 13.5. The topological polar surface area (TPSA) is 81.5 Å². The summed E-state index contributed by atoms with van der Waals surface area (Å²) in [6.07, 6.45) is 1.32. The van der Waals surface area contributed by atoms with Gasteiger partial charge in [-0.05, 0) is 26.0 Å². The predicted octanol–water partition coefficient (Wildman–Crippen LogP) is 2.47. The molecule has 96 valence electrons. The van der Waals surface area contributed by atoms with Crippen LogP contribution in [-0.4, -0.2) is 17.5 Å². The van der Waals surface area contributed by atoms with Gasteiger partial charge < -0.3 is 10.1 Å². The number of nitrogens with one attached hydrogen (secondary N) is 1. The fraction of sp³-hybridized carbons (Fsp3) is 0.250. The molecule has 0 spiro atoms. The smallest absolute Gasteiger partial charge is 0.332 e. The molecule has 0 aliphatic carbocycles. The van der Waals surface area contributed by atoms with E-state index in [2.05, 4.69) is 5.32 Å². The van der Waals surface area contributed by atoms with Gasteiger partial charge in [-0.3, -0.25) is 10.1 Å². The van der Waals surface area contributed by atoms with Crippen LogP contribution < -0.4 is 5.32 Å². The third-order valence-electron chi connectivity index (χ3n) is 2.04. The molecule has 1 aromatic rings. The van der Waals surface area contributed by atoms with E-state index in [0.717, 1.165) is 0 Å². The van der Waals surface area contributed by atoms with Crippen molar-refractivity contribution < 1.29 is 14.5 Å². The van der Waals surface area contributed by atoms with Gasteiger partial charge in [-0.1, -0.05) is 0 Å². The fourth-order valence-electron chi connectivity index (χ4n) is 1.29. The minimum absolute atomic E-state index is 0.0209. The first-order valence-electron chi connectivity index (χ1n) is 5.39. The molecule has 0 heterocycles. The first kappa shape index (κ1) is 13.7. The summed E-state index contributed by atoms with van der Waals surface area (Å²) in [5.74, 6) is -0.426. The number of non-ortho nitro benzene ring substituents is 1. The van der Waals surface area contributed by atoms with Crippen molar-refractivity contribution in [1.82, 2.24) is 0 Å². The number of anilines is 1. The van der Waals surface area contributed by atoms with Crippen LogP contribution in [-0.2, 0) is 9.53 Å². The molecule has 1 aromatic carbocycles. The Morgan fingerprint density at radius 3 is 2.56 bits per heavy atom. The minimum atomic E-state index is -0.467. The lowest BCUT2D eigenvalue weighted by atomic mass is 10.2. The lowest BCUT2D eigenvalue weighted by Crippen LogP contribution is -2.04. The number of benzene rings is 1. The van der Waals surface area contributed by atoms with Crippen LogP contribution in [0.15, 0.2) is 36.0 Å². The maximum atomic E-state index is 11.2. The summed E-state index contributed by atoms with van der Waals surface area (Å²) in [7, 11) is 0. The van der Waals surface area contributed by atoms with E-state index in [1.807, 2.05) is 0 Å². The number of ether oxygens (including phenoxy) is 1. The van der Waals surface area contributed by atoms with Crippen molar-refractivity contribution in [1.29, 1.82) is 0 Å². The van der Waals surface area contributed by atoms with E-state index in [1.165, 1.54) is 18.2 Å². The number of carbonyl (C=O) groups excluding carboxylic acids is 1. The molecule has 0 aliphatic rings. The summed E-state index contributed by atoms with van der Waals surface area (Å²) >= 11 is 0. The van der Waals surface area contributed by atoms with E-state index in [4.69, 9.17) is 4.74 Å². The highest BCUT2D eigenvalue weighted by Gasteiger charge is 2.04. The number of hydrogen-bond donors (Lipinski definition) is 1. The number of hydrogen-bond acceptors (Lipinski definition) is 5. The Morgan fingerprint density at radius 2 is 2.06 bits per heavy atom.